The van der Waals surface area contributed by atoms with E-state index in [9.17, 15) is 14.4 Å². The Morgan fingerprint density at radius 1 is 1.27 bits per heavy atom. The fourth-order valence-electron chi connectivity index (χ4n) is 1.67. The monoisotopic (exact) mass is 222 g/mol. The molecular weight excluding hydrogens is 207 g/mol. The fourth-order valence-corrected chi connectivity index (χ4v) is 1.67. The van der Waals surface area contributed by atoms with Crippen LogP contribution in [0.15, 0.2) is 0 Å². The Morgan fingerprint density at radius 3 is 2.13 bits per heavy atom. The zero-order valence-corrected chi connectivity index (χ0v) is 11.3. The molecule has 1 saturated heterocycles. The van der Waals surface area contributed by atoms with E-state index in [4.69, 9.17) is 0 Å². The first-order chi connectivity index (χ1) is 6.56. The maximum Gasteiger partial charge on any atom is 1.00 e. The standard InChI is InChI=1S/C9H14N2O3.Na.H/c1-3-4-5(2)6-7(12)10-9(14)11-8(6)13;;/h5-6H,3-4H2,1-2H3,(H2,10,11,12,13,14);;/q;+1;-1. The summed E-state index contributed by atoms with van der Waals surface area (Å²) in [6, 6.07) is -0.722. The molecule has 1 rings (SSSR count). The number of hydrogen-bond acceptors (Lipinski definition) is 3. The number of nitrogens with one attached hydrogen (secondary N) is 2. The average molecular weight is 222 g/mol. The molecule has 0 aliphatic carbocycles. The van der Waals surface area contributed by atoms with Crippen molar-refractivity contribution in [3.63, 3.8) is 0 Å². The second-order valence-corrected chi connectivity index (χ2v) is 3.55. The molecular formula is C9H15N2NaO3. The van der Waals surface area contributed by atoms with Gasteiger partial charge in [0, 0.05) is 0 Å². The smallest absolute Gasteiger partial charge is 1.00 e. The van der Waals surface area contributed by atoms with E-state index in [1.165, 1.54) is 0 Å². The summed E-state index contributed by atoms with van der Waals surface area (Å²) in [7, 11) is 0. The molecule has 6 heteroatoms. The molecule has 0 aromatic carbocycles. The molecule has 1 atom stereocenters. The maximum absolute atomic E-state index is 11.3. The molecule has 1 fully saturated rings. The van der Waals surface area contributed by atoms with Gasteiger partial charge in [-0.3, -0.25) is 20.2 Å². The quantitative estimate of drug-likeness (QED) is 0.410. The SMILES string of the molecule is CCCC(C)C1C(=O)NC(=O)NC1=O.[H-].[Na+]. The van der Waals surface area contributed by atoms with Crippen molar-refractivity contribution in [3.8, 4) is 0 Å². The van der Waals surface area contributed by atoms with Gasteiger partial charge in [0.05, 0.1) is 0 Å². The van der Waals surface area contributed by atoms with E-state index < -0.39 is 23.8 Å². The summed E-state index contributed by atoms with van der Waals surface area (Å²) in [5, 5.41) is 4.18. The van der Waals surface area contributed by atoms with Crippen LogP contribution in [0, 0.1) is 11.8 Å². The summed E-state index contributed by atoms with van der Waals surface area (Å²) < 4.78 is 0. The molecule has 0 aromatic rings. The molecule has 4 amide bonds. The van der Waals surface area contributed by atoms with Crippen LogP contribution in [-0.2, 0) is 9.59 Å². The van der Waals surface area contributed by atoms with Crippen molar-refractivity contribution < 1.29 is 45.4 Å². The Morgan fingerprint density at radius 2 is 1.73 bits per heavy atom. The number of amides is 4. The van der Waals surface area contributed by atoms with Crippen LogP contribution >= 0.6 is 0 Å². The third-order valence-corrected chi connectivity index (χ3v) is 2.35. The number of carbonyl (C=O) groups excluding carboxylic acids is 3. The van der Waals surface area contributed by atoms with Crippen molar-refractivity contribution in [2.24, 2.45) is 11.8 Å². The second kappa shape index (κ2) is 6.25. The summed E-state index contributed by atoms with van der Waals surface area (Å²) in [6.07, 6.45) is 1.70. The molecule has 80 valence electrons. The van der Waals surface area contributed by atoms with Gasteiger partial charge in [-0.2, -0.15) is 0 Å². The molecule has 1 heterocycles. The summed E-state index contributed by atoms with van der Waals surface area (Å²) >= 11 is 0. The van der Waals surface area contributed by atoms with Gasteiger partial charge in [0.15, 0.2) is 0 Å². The average Bonchev–Trinajstić information content (AvgIpc) is 2.01. The number of hydrogen-bond donors (Lipinski definition) is 2. The second-order valence-electron chi connectivity index (χ2n) is 3.55. The van der Waals surface area contributed by atoms with Gasteiger partial charge >= 0.3 is 35.6 Å². The van der Waals surface area contributed by atoms with E-state index >= 15 is 0 Å². The molecule has 2 N–H and O–H groups in total. The van der Waals surface area contributed by atoms with Crippen LogP contribution < -0.4 is 40.2 Å². The Bertz CT molecular complexity index is 266. The third-order valence-electron chi connectivity index (χ3n) is 2.35. The van der Waals surface area contributed by atoms with Crippen molar-refractivity contribution in [2.45, 2.75) is 26.7 Å². The zero-order valence-electron chi connectivity index (χ0n) is 10.3. The van der Waals surface area contributed by atoms with Crippen LogP contribution in [0.3, 0.4) is 0 Å². The largest absolute Gasteiger partial charge is 1.00 e. The molecule has 1 aliphatic rings. The molecule has 15 heavy (non-hydrogen) atoms. The van der Waals surface area contributed by atoms with E-state index in [2.05, 4.69) is 10.6 Å². The predicted molar refractivity (Wildman–Crippen MR) is 50.4 cm³/mol. The Kier molecular flexibility index (Phi) is 6.09. The van der Waals surface area contributed by atoms with Crippen LogP contribution in [0.2, 0.25) is 0 Å². The summed E-state index contributed by atoms with van der Waals surface area (Å²) in [5.41, 5.74) is 0. The number of rotatable bonds is 3. The van der Waals surface area contributed by atoms with Gasteiger partial charge in [0.2, 0.25) is 11.8 Å². The van der Waals surface area contributed by atoms with Crippen LogP contribution in [0.5, 0.6) is 0 Å². The number of carbonyl (C=O) groups is 3. The molecule has 0 saturated carbocycles. The zero-order chi connectivity index (χ0) is 10.7. The van der Waals surface area contributed by atoms with E-state index in [1.54, 1.807) is 0 Å². The van der Waals surface area contributed by atoms with Gasteiger partial charge in [-0.05, 0) is 12.3 Å². The van der Waals surface area contributed by atoms with Gasteiger partial charge in [0.1, 0.15) is 5.92 Å². The Hall–Kier alpha value is -0.390. The van der Waals surface area contributed by atoms with Crippen LogP contribution in [0.1, 0.15) is 28.1 Å². The van der Waals surface area contributed by atoms with Crippen LogP contribution in [0.25, 0.3) is 0 Å². The normalized spacial score (nSPS) is 18.9. The molecule has 0 spiro atoms. The van der Waals surface area contributed by atoms with Crippen LogP contribution in [-0.4, -0.2) is 17.8 Å². The summed E-state index contributed by atoms with van der Waals surface area (Å²) in [5.74, 6) is -1.74. The Balaban J connectivity index is 0. The fraction of sp³-hybridized carbons (Fsp3) is 0.667. The minimum atomic E-state index is -0.729. The molecule has 0 aromatic heterocycles. The minimum absolute atomic E-state index is 0. The maximum atomic E-state index is 11.3. The number of barbiturate groups is 1. The molecule has 0 bridgehead atoms. The van der Waals surface area contributed by atoms with E-state index in [0.717, 1.165) is 12.8 Å². The van der Waals surface area contributed by atoms with Gasteiger partial charge in [-0.15, -0.1) is 0 Å². The third kappa shape index (κ3) is 3.59. The Labute approximate surface area is 112 Å². The van der Waals surface area contributed by atoms with E-state index in [1.807, 2.05) is 13.8 Å². The molecule has 5 nitrogen and oxygen atoms in total. The summed E-state index contributed by atoms with van der Waals surface area (Å²) in [4.78, 5) is 33.4. The van der Waals surface area contributed by atoms with Gasteiger partial charge in [0.25, 0.3) is 0 Å². The van der Waals surface area contributed by atoms with E-state index in [0.29, 0.717) is 0 Å². The first-order valence-corrected chi connectivity index (χ1v) is 4.72. The molecule has 0 radical (unpaired) electrons. The van der Waals surface area contributed by atoms with Crippen molar-refractivity contribution in [2.75, 3.05) is 0 Å². The van der Waals surface area contributed by atoms with Crippen molar-refractivity contribution in [1.82, 2.24) is 10.6 Å². The van der Waals surface area contributed by atoms with Gasteiger partial charge < -0.3 is 1.43 Å². The van der Waals surface area contributed by atoms with Gasteiger partial charge in [-0.25, -0.2) is 4.79 Å². The van der Waals surface area contributed by atoms with Crippen molar-refractivity contribution >= 4 is 17.8 Å². The molecule has 1 aliphatic heterocycles. The first-order valence-electron chi connectivity index (χ1n) is 4.72. The van der Waals surface area contributed by atoms with Gasteiger partial charge in [-0.1, -0.05) is 20.3 Å². The first kappa shape index (κ1) is 14.6. The van der Waals surface area contributed by atoms with E-state index in [-0.39, 0.29) is 36.9 Å². The minimum Gasteiger partial charge on any atom is -1.00 e. The number of urea groups is 1. The van der Waals surface area contributed by atoms with Crippen molar-refractivity contribution in [3.05, 3.63) is 0 Å². The summed E-state index contributed by atoms with van der Waals surface area (Å²) in [6.45, 7) is 3.82. The topological polar surface area (TPSA) is 75.3 Å². The number of imide groups is 2. The molecule has 1 unspecified atom stereocenters. The van der Waals surface area contributed by atoms with Crippen LogP contribution in [0.4, 0.5) is 4.79 Å². The predicted octanol–water partition coefficient (Wildman–Crippen LogP) is -2.48. The van der Waals surface area contributed by atoms with Crippen molar-refractivity contribution in [1.29, 1.82) is 0 Å².